The van der Waals surface area contributed by atoms with Crippen LogP contribution in [0.3, 0.4) is 0 Å². The van der Waals surface area contributed by atoms with Crippen LogP contribution in [-0.2, 0) is 11.3 Å². The highest BCUT2D eigenvalue weighted by Gasteiger charge is 2.13. The van der Waals surface area contributed by atoms with Crippen LogP contribution >= 0.6 is 23.5 Å². The average Bonchev–Trinajstić information content (AvgIpc) is 3.12. The summed E-state index contributed by atoms with van der Waals surface area (Å²) in [5.74, 6) is 0.277. The Kier molecular flexibility index (Phi) is 6.22. The van der Waals surface area contributed by atoms with Gasteiger partial charge in [0.15, 0.2) is 5.16 Å². The number of nitrogens with one attached hydrogen (secondary N) is 1. The van der Waals surface area contributed by atoms with Crippen molar-refractivity contribution in [2.24, 2.45) is 0 Å². The highest BCUT2D eigenvalue weighted by molar-refractivity contribution is 8.00. The van der Waals surface area contributed by atoms with E-state index in [1.807, 2.05) is 60.7 Å². The molecule has 1 heterocycles. The quantitative estimate of drug-likeness (QED) is 0.377. The zero-order chi connectivity index (χ0) is 20.1. The standard InChI is InChI=1S/C23H21N3OS2/c1-2-26-20-14-8-6-12-18(20)25-23(26)28-16-22(27)24-19-13-7-9-15-21(19)29-17-10-4-3-5-11-17/h3-15H,2,16H2,1H3,(H,24,27). The predicted molar refractivity (Wildman–Crippen MR) is 122 cm³/mol. The second-order valence-electron chi connectivity index (χ2n) is 6.38. The maximum atomic E-state index is 12.6. The van der Waals surface area contributed by atoms with E-state index in [1.165, 1.54) is 11.8 Å². The normalized spacial score (nSPS) is 10.9. The predicted octanol–water partition coefficient (Wildman–Crippen LogP) is 5.94. The van der Waals surface area contributed by atoms with Gasteiger partial charge in [0.2, 0.25) is 5.91 Å². The molecule has 0 atom stereocenters. The fourth-order valence-electron chi connectivity index (χ4n) is 3.06. The molecule has 4 rings (SSSR count). The van der Waals surface area contributed by atoms with Crippen LogP contribution < -0.4 is 5.32 Å². The Morgan fingerprint density at radius 2 is 1.69 bits per heavy atom. The molecule has 29 heavy (non-hydrogen) atoms. The maximum Gasteiger partial charge on any atom is 0.234 e. The largest absolute Gasteiger partial charge is 0.324 e. The smallest absolute Gasteiger partial charge is 0.234 e. The third kappa shape index (κ3) is 4.66. The number of anilines is 1. The topological polar surface area (TPSA) is 46.9 Å². The van der Waals surface area contributed by atoms with Gasteiger partial charge in [-0.3, -0.25) is 4.79 Å². The molecule has 146 valence electrons. The van der Waals surface area contributed by atoms with Crippen LogP contribution in [0.1, 0.15) is 6.92 Å². The molecule has 0 spiro atoms. The summed E-state index contributed by atoms with van der Waals surface area (Å²) in [6.07, 6.45) is 0. The van der Waals surface area contributed by atoms with Crippen molar-refractivity contribution in [3.05, 3.63) is 78.9 Å². The molecule has 1 aromatic heterocycles. The van der Waals surface area contributed by atoms with Gasteiger partial charge >= 0.3 is 0 Å². The third-order valence-electron chi connectivity index (χ3n) is 4.40. The number of carbonyl (C=O) groups excluding carboxylic acids is 1. The molecule has 1 N–H and O–H groups in total. The number of fused-ring (bicyclic) bond motifs is 1. The van der Waals surface area contributed by atoms with Crippen molar-refractivity contribution in [3.8, 4) is 0 Å². The number of hydrogen-bond donors (Lipinski definition) is 1. The highest BCUT2D eigenvalue weighted by Crippen LogP contribution is 2.33. The number of benzene rings is 3. The molecule has 0 unspecified atom stereocenters. The summed E-state index contributed by atoms with van der Waals surface area (Å²) in [4.78, 5) is 19.5. The number of rotatable bonds is 7. The number of amides is 1. The second kappa shape index (κ2) is 9.20. The number of aryl methyl sites for hydroxylation is 1. The third-order valence-corrected chi connectivity index (χ3v) is 6.46. The molecule has 3 aromatic carbocycles. The number of para-hydroxylation sites is 3. The molecular weight excluding hydrogens is 398 g/mol. The van der Waals surface area contributed by atoms with Crippen LogP contribution in [0.4, 0.5) is 5.69 Å². The second-order valence-corrected chi connectivity index (χ2v) is 8.43. The van der Waals surface area contributed by atoms with Gasteiger partial charge in [0, 0.05) is 16.3 Å². The first-order valence-corrected chi connectivity index (χ1v) is 11.2. The zero-order valence-electron chi connectivity index (χ0n) is 16.0. The Morgan fingerprint density at radius 1 is 0.966 bits per heavy atom. The van der Waals surface area contributed by atoms with Crippen LogP contribution in [0.15, 0.2) is 93.8 Å². The van der Waals surface area contributed by atoms with Crippen molar-refractivity contribution < 1.29 is 4.79 Å². The van der Waals surface area contributed by atoms with Gasteiger partial charge in [-0.05, 0) is 43.3 Å². The van der Waals surface area contributed by atoms with E-state index in [4.69, 9.17) is 0 Å². The number of nitrogens with zero attached hydrogens (tertiary/aromatic N) is 2. The van der Waals surface area contributed by atoms with E-state index in [0.717, 1.165) is 38.2 Å². The fraction of sp³-hybridized carbons (Fsp3) is 0.130. The molecule has 4 nitrogen and oxygen atoms in total. The van der Waals surface area contributed by atoms with Crippen molar-refractivity contribution >= 4 is 46.2 Å². The number of imidazole rings is 1. The van der Waals surface area contributed by atoms with Crippen LogP contribution in [0.2, 0.25) is 0 Å². The number of thioether (sulfide) groups is 1. The molecule has 6 heteroatoms. The fourth-order valence-corrected chi connectivity index (χ4v) is 4.86. The van der Waals surface area contributed by atoms with E-state index in [1.54, 1.807) is 11.8 Å². The lowest BCUT2D eigenvalue weighted by atomic mass is 10.3. The minimum absolute atomic E-state index is 0.0363. The van der Waals surface area contributed by atoms with Gasteiger partial charge in [-0.1, -0.05) is 66.0 Å². The Bertz CT molecular complexity index is 1130. The van der Waals surface area contributed by atoms with Gasteiger partial charge in [0.1, 0.15) is 0 Å². The Morgan fingerprint density at radius 3 is 2.52 bits per heavy atom. The zero-order valence-corrected chi connectivity index (χ0v) is 17.7. The van der Waals surface area contributed by atoms with Gasteiger partial charge in [0.25, 0.3) is 0 Å². The summed E-state index contributed by atoms with van der Waals surface area (Å²) < 4.78 is 2.15. The summed E-state index contributed by atoms with van der Waals surface area (Å²) in [5.41, 5.74) is 2.89. The summed E-state index contributed by atoms with van der Waals surface area (Å²) in [6, 6.07) is 26.1. The van der Waals surface area contributed by atoms with Crippen LogP contribution in [0.5, 0.6) is 0 Å². The Hall–Kier alpha value is -2.70. The monoisotopic (exact) mass is 419 g/mol. The van der Waals surface area contributed by atoms with Crippen molar-refractivity contribution in [3.63, 3.8) is 0 Å². The van der Waals surface area contributed by atoms with Crippen molar-refractivity contribution in [2.75, 3.05) is 11.1 Å². The summed E-state index contributed by atoms with van der Waals surface area (Å²) >= 11 is 3.11. The molecule has 0 fully saturated rings. The lowest BCUT2D eigenvalue weighted by molar-refractivity contribution is -0.113. The molecule has 4 aromatic rings. The lowest BCUT2D eigenvalue weighted by Gasteiger charge is -2.11. The van der Waals surface area contributed by atoms with E-state index in [2.05, 4.69) is 40.0 Å². The van der Waals surface area contributed by atoms with Crippen molar-refractivity contribution in [1.82, 2.24) is 9.55 Å². The SMILES string of the molecule is CCn1c(SCC(=O)Nc2ccccc2Sc2ccccc2)nc2ccccc21. The van der Waals surface area contributed by atoms with Gasteiger partial charge in [-0.25, -0.2) is 4.98 Å². The Labute approximate surface area is 178 Å². The molecule has 0 aliphatic carbocycles. The lowest BCUT2D eigenvalue weighted by Crippen LogP contribution is -2.15. The molecule has 0 aliphatic rings. The van der Waals surface area contributed by atoms with Crippen molar-refractivity contribution in [2.45, 2.75) is 28.4 Å². The summed E-state index contributed by atoms with van der Waals surface area (Å²) in [5, 5.41) is 3.93. The maximum absolute atomic E-state index is 12.6. The van der Waals surface area contributed by atoms with Crippen LogP contribution in [-0.4, -0.2) is 21.2 Å². The number of aromatic nitrogens is 2. The number of hydrogen-bond acceptors (Lipinski definition) is 4. The van der Waals surface area contributed by atoms with Gasteiger partial charge in [0.05, 0.1) is 22.5 Å². The van der Waals surface area contributed by atoms with Crippen LogP contribution in [0.25, 0.3) is 11.0 Å². The van der Waals surface area contributed by atoms with E-state index < -0.39 is 0 Å². The first kappa shape index (κ1) is 19.6. The van der Waals surface area contributed by atoms with E-state index in [9.17, 15) is 4.79 Å². The highest BCUT2D eigenvalue weighted by atomic mass is 32.2. The molecule has 0 saturated heterocycles. The van der Waals surface area contributed by atoms with Gasteiger partial charge in [-0.2, -0.15) is 0 Å². The van der Waals surface area contributed by atoms with Gasteiger partial charge in [-0.15, -0.1) is 0 Å². The molecule has 0 saturated carbocycles. The molecule has 0 aliphatic heterocycles. The van der Waals surface area contributed by atoms with Crippen molar-refractivity contribution in [1.29, 1.82) is 0 Å². The van der Waals surface area contributed by atoms with Gasteiger partial charge < -0.3 is 9.88 Å². The minimum atomic E-state index is -0.0363. The average molecular weight is 420 g/mol. The molecule has 0 bridgehead atoms. The number of carbonyl (C=O) groups is 1. The van der Waals surface area contributed by atoms with E-state index >= 15 is 0 Å². The Balaban J connectivity index is 1.44. The summed E-state index contributed by atoms with van der Waals surface area (Å²) in [7, 11) is 0. The van der Waals surface area contributed by atoms with Crippen LogP contribution in [0, 0.1) is 0 Å². The van der Waals surface area contributed by atoms with E-state index in [0.29, 0.717) is 5.75 Å². The minimum Gasteiger partial charge on any atom is -0.324 e. The first-order chi connectivity index (χ1) is 14.2. The first-order valence-electron chi connectivity index (χ1n) is 9.44. The molecule has 1 amide bonds. The molecule has 0 radical (unpaired) electrons. The summed E-state index contributed by atoms with van der Waals surface area (Å²) in [6.45, 7) is 2.91. The van der Waals surface area contributed by atoms with E-state index in [-0.39, 0.29) is 5.91 Å². The molecular formula is C23H21N3OS2.